The Balaban J connectivity index is 2.75. The molecular weight excluding hydrogens is 244 g/mol. The molecule has 0 saturated carbocycles. The van der Waals surface area contributed by atoms with Crippen LogP contribution in [-0.2, 0) is 6.54 Å². The van der Waals surface area contributed by atoms with Crippen LogP contribution in [0.25, 0.3) is 0 Å². The Labute approximate surface area is 113 Å². The molecule has 0 amide bonds. The zero-order valence-electron chi connectivity index (χ0n) is 10.8. The van der Waals surface area contributed by atoms with Gasteiger partial charge in [0.05, 0.1) is 6.07 Å². The van der Waals surface area contributed by atoms with Crippen molar-refractivity contribution in [3.63, 3.8) is 0 Å². The topological polar surface area (TPSA) is 47.3 Å². The molecule has 1 N–H and O–H groups in total. The number of aliphatic hydroxyl groups is 1. The van der Waals surface area contributed by atoms with E-state index in [1.807, 2.05) is 11.4 Å². The van der Waals surface area contributed by atoms with Gasteiger partial charge in [-0.25, -0.2) is 0 Å². The fourth-order valence-electron chi connectivity index (χ4n) is 1.61. The van der Waals surface area contributed by atoms with Crippen LogP contribution in [0.3, 0.4) is 0 Å². The molecular formula is C14H18N2OS. The van der Waals surface area contributed by atoms with E-state index in [1.54, 1.807) is 11.3 Å². The molecule has 4 heteroatoms. The van der Waals surface area contributed by atoms with Crippen molar-refractivity contribution in [2.45, 2.75) is 32.9 Å². The second kappa shape index (κ2) is 7.89. The minimum atomic E-state index is -0.113. The highest BCUT2D eigenvalue weighted by Gasteiger charge is 2.12. The Morgan fingerprint density at radius 1 is 1.50 bits per heavy atom. The minimum absolute atomic E-state index is 0.113. The summed E-state index contributed by atoms with van der Waals surface area (Å²) in [5.74, 6) is 5.64. The van der Waals surface area contributed by atoms with Crippen molar-refractivity contribution in [3.05, 3.63) is 21.9 Å². The zero-order chi connectivity index (χ0) is 13.4. The second-order valence-electron chi connectivity index (χ2n) is 4.19. The highest BCUT2D eigenvalue weighted by molar-refractivity contribution is 7.10. The first-order chi connectivity index (χ1) is 8.69. The van der Waals surface area contributed by atoms with Crippen molar-refractivity contribution < 1.29 is 5.11 Å². The van der Waals surface area contributed by atoms with E-state index in [-0.39, 0.29) is 6.61 Å². The van der Waals surface area contributed by atoms with Gasteiger partial charge in [0.25, 0.3) is 0 Å². The maximum Gasteiger partial charge on any atom is 0.104 e. The molecule has 0 spiro atoms. The molecule has 0 radical (unpaired) electrons. The number of hydrogen-bond donors (Lipinski definition) is 1. The highest BCUT2D eigenvalue weighted by Crippen LogP contribution is 2.19. The molecule has 0 unspecified atom stereocenters. The molecule has 3 nitrogen and oxygen atoms in total. The van der Waals surface area contributed by atoms with Crippen molar-refractivity contribution >= 4 is 11.3 Å². The van der Waals surface area contributed by atoms with Crippen molar-refractivity contribution in [1.29, 1.82) is 5.26 Å². The van der Waals surface area contributed by atoms with E-state index in [1.165, 1.54) is 4.88 Å². The van der Waals surface area contributed by atoms with Crippen LogP contribution in [0.2, 0.25) is 0 Å². The van der Waals surface area contributed by atoms with Crippen LogP contribution < -0.4 is 0 Å². The summed E-state index contributed by atoms with van der Waals surface area (Å²) in [6.07, 6.45) is 0.543. The van der Waals surface area contributed by atoms with Gasteiger partial charge in [0.15, 0.2) is 0 Å². The molecule has 0 aromatic carbocycles. The molecule has 18 heavy (non-hydrogen) atoms. The molecule has 0 aliphatic heterocycles. The first-order valence-electron chi connectivity index (χ1n) is 5.96. The van der Waals surface area contributed by atoms with Crippen LogP contribution in [0.5, 0.6) is 0 Å². The maximum absolute atomic E-state index is 8.73. The summed E-state index contributed by atoms with van der Waals surface area (Å²) >= 11 is 1.67. The van der Waals surface area contributed by atoms with Crippen molar-refractivity contribution in [3.8, 4) is 17.9 Å². The first kappa shape index (κ1) is 14.7. The van der Waals surface area contributed by atoms with E-state index in [0.29, 0.717) is 12.5 Å². The van der Waals surface area contributed by atoms with Gasteiger partial charge >= 0.3 is 0 Å². The predicted octanol–water partition coefficient (Wildman–Crippen LogP) is 2.22. The van der Waals surface area contributed by atoms with E-state index >= 15 is 0 Å². The van der Waals surface area contributed by atoms with Gasteiger partial charge in [0.2, 0.25) is 0 Å². The Bertz CT molecular complexity index is 462. The summed E-state index contributed by atoms with van der Waals surface area (Å²) in [5, 5.41) is 19.4. The van der Waals surface area contributed by atoms with Gasteiger partial charge < -0.3 is 5.11 Å². The lowest BCUT2D eigenvalue weighted by atomic mass is 10.2. The van der Waals surface area contributed by atoms with Gasteiger partial charge in [0, 0.05) is 36.0 Å². The van der Waals surface area contributed by atoms with Crippen molar-refractivity contribution in [2.75, 3.05) is 13.2 Å². The molecule has 1 heterocycles. The average Bonchev–Trinajstić information content (AvgIpc) is 2.78. The van der Waals surface area contributed by atoms with Gasteiger partial charge in [0.1, 0.15) is 6.61 Å². The van der Waals surface area contributed by atoms with E-state index in [9.17, 15) is 0 Å². The summed E-state index contributed by atoms with van der Waals surface area (Å²) in [5.41, 5.74) is 0.983. The lowest BCUT2D eigenvalue weighted by Gasteiger charge is -2.24. The third-order valence-electron chi connectivity index (χ3n) is 2.64. The average molecular weight is 262 g/mol. The number of nitriles is 1. The van der Waals surface area contributed by atoms with Gasteiger partial charge in [-0.3, -0.25) is 4.90 Å². The third-order valence-corrected chi connectivity index (χ3v) is 3.54. The van der Waals surface area contributed by atoms with Crippen LogP contribution in [0.15, 0.2) is 11.4 Å². The minimum Gasteiger partial charge on any atom is -0.384 e. The van der Waals surface area contributed by atoms with Gasteiger partial charge in [-0.1, -0.05) is 11.8 Å². The fraction of sp³-hybridized carbons (Fsp3) is 0.500. The molecule has 0 fully saturated rings. The number of rotatable bonds is 5. The highest BCUT2D eigenvalue weighted by atomic mass is 32.1. The first-order valence-corrected chi connectivity index (χ1v) is 6.84. The number of aliphatic hydroxyl groups excluding tert-OH is 1. The zero-order valence-corrected chi connectivity index (χ0v) is 11.6. The summed E-state index contributed by atoms with van der Waals surface area (Å²) in [6, 6.07) is 4.56. The van der Waals surface area contributed by atoms with Crippen LogP contribution in [0.4, 0.5) is 0 Å². The normalized spacial score (nSPS) is 10.2. The van der Waals surface area contributed by atoms with Crippen LogP contribution in [0, 0.1) is 23.2 Å². The molecule has 0 aliphatic carbocycles. The van der Waals surface area contributed by atoms with Gasteiger partial charge in [-0.2, -0.15) is 5.26 Å². The van der Waals surface area contributed by atoms with Crippen LogP contribution in [-0.4, -0.2) is 29.2 Å². The lowest BCUT2D eigenvalue weighted by molar-refractivity contribution is 0.219. The smallest absolute Gasteiger partial charge is 0.104 e. The maximum atomic E-state index is 8.73. The molecule has 1 aromatic heterocycles. The standard InChI is InChI=1S/C14H18N2OS/c1-12(2)16(8-4-7-15)11-14-13(5-3-9-17)6-10-18-14/h6,10,12,17H,4,8-9,11H2,1-2H3. The Hall–Kier alpha value is -1.33. The van der Waals surface area contributed by atoms with Crippen molar-refractivity contribution in [1.82, 2.24) is 4.90 Å². The summed E-state index contributed by atoms with van der Waals surface area (Å²) in [7, 11) is 0. The van der Waals surface area contributed by atoms with Crippen molar-refractivity contribution in [2.24, 2.45) is 0 Å². The van der Waals surface area contributed by atoms with Gasteiger partial charge in [-0.15, -0.1) is 11.3 Å². The third kappa shape index (κ3) is 4.50. The number of hydrogen-bond acceptors (Lipinski definition) is 4. The van der Waals surface area contributed by atoms with E-state index < -0.39 is 0 Å². The van der Waals surface area contributed by atoms with Gasteiger partial charge in [-0.05, 0) is 25.3 Å². The van der Waals surface area contributed by atoms with Crippen LogP contribution >= 0.6 is 11.3 Å². The molecule has 0 saturated heterocycles. The number of thiophene rings is 1. The quantitative estimate of drug-likeness (QED) is 0.828. The Kier molecular flexibility index (Phi) is 6.46. The number of nitrogens with zero attached hydrogens (tertiary/aromatic N) is 2. The lowest BCUT2D eigenvalue weighted by Crippen LogP contribution is -2.31. The second-order valence-corrected chi connectivity index (χ2v) is 5.19. The summed E-state index contributed by atoms with van der Waals surface area (Å²) in [4.78, 5) is 3.46. The van der Waals surface area contributed by atoms with E-state index in [4.69, 9.17) is 10.4 Å². The SMILES string of the molecule is CC(C)N(CCC#N)Cc1sccc1C#CCO. The molecule has 0 atom stereocenters. The largest absolute Gasteiger partial charge is 0.384 e. The Morgan fingerprint density at radius 3 is 2.89 bits per heavy atom. The molecule has 0 aliphatic rings. The van der Waals surface area contributed by atoms with E-state index in [0.717, 1.165) is 18.7 Å². The summed E-state index contributed by atoms with van der Waals surface area (Å²) < 4.78 is 0. The van der Waals surface area contributed by atoms with Crippen LogP contribution in [0.1, 0.15) is 30.7 Å². The molecule has 0 bridgehead atoms. The monoisotopic (exact) mass is 262 g/mol. The fourth-order valence-corrected chi connectivity index (χ4v) is 2.46. The molecule has 96 valence electrons. The predicted molar refractivity (Wildman–Crippen MR) is 74.1 cm³/mol. The molecule has 1 aromatic rings. The van der Waals surface area contributed by atoms with E-state index in [2.05, 4.69) is 36.7 Å². The summed E-state index contributed by atoms with van der Waals surface area (Å²) in [6.45, 7) is 5.73. The molecule has 1 rings (SSSR count). The Morgan fingerprint density at radius 2 is 2.28 bits per heavy atom.